The molecule has 0 aliphatic rings. The molecule has 0 fully saturated rings. The van der Waals surface area contributed by atoms with Crippen LogP contribution in [0, 0.1) is 3.57 Å². The molecule has 0 aromatic heterocycles. The van der Waals surface area contributed by atoms with Crippen molar-refractivity contribution in [3.05, 3.63) is 31.8 Å². The third kappa shape index (κ3) is 3.71. The summed E-state index contributed by atoms with van der Waals surface area (Å²) in [4.78, 5) is 11.9. The maximum absolute atomic E-state index is 11.9. The second kappa shape index (κ2) is 6.56. The van der Waals surface area contributed by atoms with Crippen LogP contribution in [-0.4, -0.2) is 23.7 Å². The van der Waals surface area contributed by atoms with E-state index >= 15 is 0 Å². The number of aliphatic hydroxyl groups excluding tert-OH is 1. The number of rotatable bonds is 4. The maximum atomic E-state index is 11.9. The molecule has 1 amide bonds. The molecule has 3 nitrogen and oxygen atoms in total. The average molecular weight is 398 g/mol. The zero-order chi connectivity index (χ0) is 12.1. The van der Waals surface area contributed by atoms with Crippen molar-refractivity contribution in [2.45, 2.75) is 19.4 Å². The summed E-state index contributed by atoms with van der Waals surface area (Å²) in [5, 5.41) is 11.8. The quantitative estimate of drug-likeness (QED) is 0.767. The molecule has 1 atom stereocenters. The minimum Gasteiger partial charge on any atom is -0.394 e. The van der Waals surface area contributed by atoms with Gasteiger partial charge in [-0.15, -0.1) is 0 Å². The predicted octanol–water partition coefficient (Wildman–Crippen LogP) is 2.55. The number of amides is 1. The molecule has 1 unspecified atom stereocenters. The van der Waals surface area contributed by atoms with Crippen LogP contribution in [0.5, 0.6) is 0 Å². The summed E-state index contributed by atoms with van der Waals surface area (Å²) in [5.41, 5.74) is 0.627. The molecule has 0 saturated carbocycles. The lowest BCUT2D eigenvalue weighted by molar-refractivity contribution is 0.0914. The number of halogens is 2. The lowest BCUT2D eigenvalue weighted by Crippen LogP contribution is -2.37. The number of carbonyl (C=O) groups is 1. The third-order valence-corrected chi connectivity index (χ3v) is 3.66. The van der Waals surface area contributed by atoms with Crippen molar-refractivity contribution < 1.29 is 9.90 Å². The van der Waals surface area contributed by atoms with E-state index in [2.05, 4.69) is 43.8 Å². The smallest absolute Gasteiger partial charge is 0.252 e. The first-order valence-corrected chi connectivity index (χ1v) is 6.82. The van der Waals surface area contributed by atoms with E-state index in [0.717, 1.165) is 8.04 Å². The first-order chi connectivity index (χ1) is 7.58. The largest absolute Gasteiger partial charge is 0.394 e. The van der Waals surface area contributed by atoms with Crippen molar-refractivity contribution in [1.82, 2.24) is 5.32 Å². The topological polar surface area (TPSA) is 49.3 Å². The Morgan fingerprint density at radius 2 is 2.31 bits per heavy atom. The number of nitrogens with one attached hydrogen (secondary N) is 1. The fourth-order valence-corrected chi connectivity index (χ4v) is 2.15. The lowest BCUT2D eigenvalue weighted by atomic mass is 10.2. The molecule has 1 aromatic carbocycles. The highest BCUT2D eigenvalue weighted by molar-refractivity contribution is 14.1. The normalized spacial score (nSPS) is 12.2. The molecule has 5 heteroatoms. The number of hydrogen-bond donors (Lipinski definition) is 2. The molecule has 88 valence electrons. The second-order valence-corrected chi connectivity index (χ2v) is 5.46. The van der Waals surface area contributed by atoms with Crippen LogP contribution in [0.25, 0.3) is 0 Å². The summed E-state index contributed by atoms with van der Waals surface area (Å²) in [6, 6.07) is 5.37. The Kier molecular flexibility index (Phi) is 5.71. The lowest BCUT2D eigenvalue weighted by Gasteiger charge is -2.14. The van der Waals surface area contributed by atoms with Crippen LogP contribution in [0.4, 0.5) is 0 Å². The van der Waals surface area contributed by atoms with Crippen molar-refractivity contribution in [3.63, 3.8) is 0 Å². The maximum Gasteiger partial charge on any atom is 0.252 e. The van der Waals surface area contributed by atoms with Crippen LogP contribution in [0.2, 0.25) is 0 Å². The Balaban J connectivity index is 2.83. The zero-order valence-electron chi connectivity index (χ0n) is 8.84. The van der Waals surface area contributed by atoms with Gasteiger partial charge in [-0.1, -0.05) is 22.9 Å². The molecular formula is C11H13BrINO2. The molecular weight excluding hydrogens is 385 g/mol. The average Bonchev–Trinajstić information content (AvgIpc) is 2.28. The Bertz CT molecular complexity index is 380. The number of hydrogen-bond acceptors (Lipinski definition) is 2. The van der Waals surface area contributed by atoms with Crippen molar-refractivity contribution >= 4 is 44.4 Å². The van der Waals surface area contributed by atoms with E-state index in [9.17, 15) is 4.79 Å². The summed E-state index contributed by atoms with van der Waals surface area (Å²) in [6.07, 6.45) is 0.715. The number of carbonyl (C=O) groups excluding carboxylic acids is 1. The second-order valence-electron chi connectivity index (χ2n) is 3.39. The van der Waals surface area contributed by atoms with Gasteiger partial charge in [-0.25, -0.2) is 0 Å². The van der Waals surface area contributed by atoms with E-state index in [-0.39, 0.29) is 18.6 Å². The van der Waals surface area contributed by atoms with E-state index in [1.807, 2.05) is 19.1 Å². The standard InChI is InChI=1S/C11H13BrINO2/c1-2-8(6-15)14-11(16)9-5-7(12)3-4-10(9)13/h3-5,8,15H,2,6H2,1H3,(H,14,16). The van der Waals surface area contributed by atoms with Gasteiger partial charge in [0.1, 0.15) is 0 Å². The SMILES string of the molecule is CCC(CO)NC(=O)c1cc(Br)ccc1I. The van der Waals surface area contributed by atoms with Crippen molar-refractivity contribution in [2.24, 2.45) is 0 Å². The van der Waals surface area contributed by atoms with Gasteiger partial charge in [0.05, 0.1) is 18.2 Å². The van der Waals surface area contributed by atoms with Crippen molar-refractivity contribution in [2.75, 3.05) is 6.61 Å². The summed E-state index contributed by atoms with van der Waals surface area (Å²) in [5.74, 6) is -0.147. The molecule has 16 heavy (non-hydrogen) atoms. The summed E-state index contributed by atoms with van der Waals surface area (Å²) in [6.45, 7) is 1.89. The first-order valence-electron chi connectivity index (χ1n) is 4.95. The Labute approximate surface area is 117 Å². The minimum absolute atomic E-state index is 0.0349. The fourth-order valence-electron chi connectivity index (χ4n) is 1.21. The van der Waals surface area contributed by atoms with Crippen LogP contribution in [-0.2, 0) is 0 Å². The van der Waals surface area contributed by atoms with Gasteiger partial charge >= 0.3 is 0 Å². The molecule has 0 radical (unpaired) electrons. The van der Waals surface area contributed by atoms with Crippen LogP contribution in [0.1, 0.15) is 23.7 Å². The minimum atomic E-state index is -0.178. The van der Waals surface area contributed by atoms with E-state index in [1.54, 1.807) is 6.07 Å². The monoisotopic (exact) mass is 397 g/mol. The zero-order valence-corrected chi connectivity index (χ0v) is 12.6. The van der Waals surface area contributed by atoms with Gasteiger partial charge in [-0.3, -0.25) is 4.79 Å². The third-order valence-electron chi connectivity index (χ3n) is 2.22. The van der Waals surface area contributed by atoms with E-state index in [0.29, 0.717) is 12.0 Å². The fraction of sp³-hybridized carbons (Fsp3) is 0.364. The van der Waals surface area contributed by atoms with Gasteiger partial charge in [0.25, 0.3) is 5.91 Å². The molecule has 1 aromatic rings. The number of aliphatic hydroxyl groups is 1. The molecule has 0 spiro atoms. The first kappa shape index (κ1) is 13.9. The highest BCUT2D eigenvalue weighted by Gasteiger charge is 2.14. The number of benzene rings is 1. The highest BCUT2D eigenvalue weighted by atomic mass is 127. The van der Waals surface area contributed by atoms with Gasteiger partial charge in [-0.05, 0) is 47.2 Å². The van der Waals surface area contributed by atoms with Crippen LogP contribution in [0.15, 0.2) is 22.7 Å². The van der Waals surface area contributed by atoms with Gasteiger partial charge in [-0.2, -0.15) is 0 Å². The molecule has 1 rings (SSSR count). The van der Waals surface area contributed by atoms with Crippen LogP contribution in [0.3, 0.4) is 0 Å². The predicted molar refractivity (Wildman–Crippen MR) is 75.5 cm³/mol. The van der Waals surface area contributed by atoms with Crippen molar-refractivity contribution in [1.29, 1.82) is 0 Å². The van der Waals surface area contributed by atoms with E-state index < -0.39 is 0 Å². The summed E-state index contributed by atoms with van der Waals surface area (Å²) >= 11 is 5.45. The Hall–Kier alpha value is -0.140. The van der Waals surface area contributed by atoms with Gasteiger partial charge in [0.15, 0.2) is 0 Å². The van der Waals surface area contributed by atoms with E-state index in [4.69, 9.17) is 5.11 Å². The summed E-state index contributed by atoms with van der Waals surface area (Å²) in [7, 11) is 0. The Morgan fingerprint density at radius 3 is 2.88 bits per heavy atom. The van der Waals surface area contributed by atoms with E-state index in [1.165, 1.54) is 0 Å². The van der Waals surface area contributed by atoms with Gasteiger partial charge < -0.3 is 10.4 Å². The molecule has 0 aliphatic heterocycles. The highest BCUT2D eigenvalue weighted by Crippen LogP contribution is 2.18. The summed E-state index contributed by atoms with van der Waals surface area (Å²) < 4.78 is 1.77. The molecule has 2 N–H and O–H groups in total. The molecule has 0 bridgehead atoms. The van der Waals surface area contributed by atoms with Crippen LogP contribution >= 0.6 is 38.5 Å². The Morgan fingerprint density at radius 1 is 1.62 bits per heavy atom. The van der Waals surface area contributed by atoms with Gasteiger partial charge in [0, 0.05) is 8.04 Å². The molecule has 0 aliphatic carbocycles. The van der Waals surface area contributed by atoms with Crippen LogP contribution < -0.4 is 5.32 Å². The molecule has 0 saturated heterocycles. The van der Waals surface area contributed by atoms with Crippen molar-refractivity contribution in [3.8, 4) is 0 Å². The van der Waals surface area contributed by atoms with Gasteiger partial charge in [0.2, 0.25) is 0 Å². The molecule has 0 heterocycles.